The molecule has 31 heavy (non-hydrogen) atoms. The summed E-state index contributed by atoms with van der Waals surface area (Å²) in [6.45, 7) is 7.29. The molecule has 0 spiro atoms. The van der Waals surface area contributed by atoms with Gasteiger partial charge >= 0.3 is 5.97 Å². The summed E-state index contributed by atoms with van der Waals surface area (Å²) in [6.07, 6.45) is 2.87. The number of carboxylic acid groups (broad SMARTS) is 1. The number of thiophene rings is 1. The standard InChI is InChI=1S/C26H29NO3S/c1-16-13-19(30-18-7-5-17(6-8-18)15-27-4)9-10-20(16)24-23(25(28)29)21-14-26(2,3)12-11-22(21)31-24/h5-10,13,27H,11-12,14-15H2,1-4H3,(H,28,29). The van der Waals surface area contributed by atoms with Crippen molar-refractivity contribution < 1.29 is 14.6 Å². The molecule has 0 bridgehead atoms. The Morgan fingerprint density at radius 1 is 1.16 bits per heavy atom. The summed E-state index contributed by atoms with van der Waals surface area (Å²) >= 11 is 1.65. The van der Waals surface area contributed by atoms with Crippen LogP contribution in [0, 0.1) is 12.3 Å². The zero-order valence-electron chi connectivity index (χ0n) is 18.5. The van der Waals surface area contributed by atoms with Crippen molar-refractivity contribution in [1.29, 1.82) is 0 Å². The topological polar surface area (TPSA) is 58.6 Å². The number of hydrogen-bond acceptors (Lipinski definition) is 4. The molecule has 0 radical (unpaired) electrons. The number of hydrogen-bond donors (Lipinski definition) is 2. The number of fused-ring (bicyclic) bond motifs is 1. The van der Waals surface area contributed by atoms with Crippen LogP contribution < -0.4 is 10.1 Å². The Morgan fingerprint density at radius 2 is 1.87 bits per heavy atom. The molecule has 1 aromatic heterocycles. The number of ether oxygens (including phenoxy) is 1. The first-order valence-corrected chi connectivity index (χ1v) is 11.5. The van der Waals surface area contributed by atoms with Crippen LogP contribution in [0.4, 0.5) is 0 Å². The molecule has 0 saturated carbocycles. The highest BCUT2D eigenvalue weighted by Crippen LogP contribution is 2.46. The van der Waals surface area contributed by atoms with E-state index in [-0.39, 0.29) is 5.41 Å². The monoisotopic (exact) mass is 435 g/mol. The Hall–Kier alpha value is -2.63. The van der Waals surface area contributed by atoms with Gasteiger partial charge in [0, 0.05) is 16.3 Å². The summed E-state index contributed by atoms with van der Waals surface area (Å²) in [5, 5.41) is 13.2. The van der Waals surface area contributed by atoms with Crippen molar-refractivity contribution in [2.75, 3.05) is 7.05 Å². The third kappa shape index (κ3) is 4.53. The first-order valence-electron chi connectivity index (χ1n) is 10.7. The molecule has 0 fully saturated rings. The van der Waals surface area contributed by atoms with Crippen LogP contribution in [0.15, 0.2) is 42.5 Å². The summed E-state index contributed by atoms with van der Waals surface area (Å²) in [6, 6.07) is 13.9. The fraction of sp³-hybridized carbons (Fsp3) is 0.346. The van der Waals surface area contributed by atoms with E-state index in [0.29, 0.717) is 5.56 Å². The third-order valence-corrected chi connectivity index (χ3v) is 7.30. The second-order valence-corrected chi connectivity index (χ2v) is 10.2. The van der Waals surface area contributed by atoms with E-state index in [4.69, 9.17) is 4.74 Å². The molecule has 0 unspecified atom stereocenters. The molecule has 0 atom stereocenters. The molecule has 4 nitrogen and oxygen atoms in total. The maximum Gasteiger partial charge on any atom is 0.337 e. The first-order chi connectivity index (χ1) is 14.8. The number of carbonyl (C=O) groups is 1. The number of rotatable bonds is 6. The van der Waals surface area contributed by atoms with Gasteiger partial charge in [0.15, 0.2) is 0 Å². The smallest absolute Gasteiger partial charge is 0.337 e. The van der Waals surface area contributed by atoms with E-state index in [1.54, 1.807) is 11.3 Å². The molecule has 2 N–H and O–H groups in total. The summed E-state index contributed by atoms with van der Waals surface area (Å²) in [4.78, 5) is 14.3. The van der Waals surface area contributed by atoms with Gasteiger partial charge in [-0.15, -0.1) is 11.3 Å². The predicted molar refractivity (Wildman–Crippen MR) is 127 cm³/mol. The van der Waals surface area contributed by atoms with Gasteiger partial charge in [-0.2, -0.15) is 0 Å². The van der Waals surface area contributed by atoms with E-state index in [2.05, 4.69) is 19.2 Å². The van der Waals surface area contributed by atoms with Gasteiger partial charge in [0.1, 0.15) is 11.5 Å². The lowest BCUT2D eigenvalue weighted by Crippen LogP contribution is -2.22. The Kier molecular flexibility index (Phi) is 5.91. The highest BCUT2D eigenvalue weighted by molar-refractivity contribution is 7.16. The van der Waals surface area contributed by atoms with Crippen molar-refractivity contribution in [1.82, 2.24) is 5.32 Å². The van der Waals surface area contributed by atoms with E-state index in [9.17, 15) is 9.90 Å². The normalized spacial score (nSPS) is 14.8. The number of aryl methyl sites for hydroxylation is 2. The van der Waals surface area contributed by atoms with Gasteiger partial charge in [-0.1, -0.05) is 26.0 Å². The highest BCUT2D eigenvalue weighted by atomic mass is 32.1. The van der Waals surface area contributed by atoms with Crippen LogP contribution in [-0.2, 0) is 19.4 Å². The van der Waals surface area contributed by atoms with Gasteiger partial charge in [-0.3, -0.25) is 0 Å². The Labute approximate surface area is 187 Å². The second kappa shape index (κ2) is 8.48. The number of carboxylic acids is 1. The summed E-state index contributed by atoms with van der Waals surface area (Å²) in [5.74, 6) is 0.709. The van der Waals surface area contributed by atoms with Crippen LogP contribution in [0.3, 0.4) is 0 Å². The van der Waals surface area contributed by atoms with E-state index in [0.717, 1.165) is 58.9 Å². The lowest BCUT2D eigenvalue weighted by Gasteiger charge is -2.29. The molecule has 0 amide bonds. The average Bonchev–Trinajstić information content (AvgIpc) is 3.07. The van der Waals surface area contributed by atoms with E-state index < -0.39 is 5.97 Å². The van der Waals surface area contributed by atoms with Crippen molar-refractivity contribution in [2.45, 2.75) is 46.6 Å². The zero-order chi connectivity index (χ0) is 22.2. The second-order valence-electron chi connectivity index (χ2n) is 9.11. The van der Waals surface area contributed by atoms with Crippen LogP contribution in [-0.4, -0.2) is 18.1 Å². The Bertz CT molecular complexity index is 1110. The molecule has 0 aliphatic heterocycles. The highest BCUT2D eigenvalue weighted by Gasteiger charge is 2.33. The summed E-state index contributed by atoms with van der Waals surface area (Å²) in [5.41, 5.74) is 4.86. The largest absolute Gasteiger partial charge is 0.478 e. The lowest BCUT2D eigenvalue weighted by atomic mass is 9.76. The minimum absolute atomic E-state index is 0.144. The van der Waals surface area contributed by atoms with Crippen LogP contribution in [0.5, 0.6) is 11.5 Å². The SMILES string of the molecule is CNCc1ccc(Oc2ccc(-c3sc4c(c3C(=O)O)CC(C)(C)CC4)c(C)c2)cc1. The molecule has 5 heteroatoms. The molecule has 3 aromatic rings. The molecule has 2 aromatic carbocycles. The molecule has 1 aliphatic rings. The fourth-order valence-electron chi connectivity index (χ4n) is 4.31. The van der Waals surface area contributed by atoms with Crippen molar-refractivity contribution in [3.8, 4) is 21.9 Å². The minimum atomic E-state index is -0.827. The van der Waals surface area contributed by atoms with Crippen LogP contribution >= 0.6 is 11.3 Å². The molecule has 162 valence electrons. The Balaban J connectivity index is 1.64. The summed E-state index contributed by atoms with van der Waals surface area (Å²) in [7, 11) is 1.93. The van der Waals surface area contributed by atoms with Crippen molar-refractivity contribution in [3.63, 3.8) is 0 Å². The maximum absolute atomic E-state index is 12.2. The first kappa shape index (κ1) is 21.6. The molecule has 1 heterocycles. The van der Waals surface area contributed by atoms with Gasteiger partial charge in [0.05, 0.1) is 5.56 Å². The van der Waals surface area contributed by atoms with Crippen molar-refractivity contribution in [2.24, 2.45) is 5.41 Å². The van der Waals surface area contributed by atoms with Gasteiger partial charge < -0.3 is 15.2 Å². The quantitative estimate of drug-likeness (QED) is 0.467. The molecular formula is C26H29NO3S. The van der Waals surface area contributed by atoms with Crippen molar-refractivity contribution >= 4 is 17.3 Å². The number of aromatic carboxylic acids is 1. The number of nitrogens with one attached hydrogen (secondary N) is 1. The van der Waals surface area contributed by atoms with Crippen LogP contribution in [0.1, 0.15) is 52.2 Å². The van der Waals surface area contributed by atoms with Gasteiger partial charge in [0.2, 0.25) is 0 Å². The maximum atomic E-state index is 12.2. The molecule has 4 rings (SSSR count). The van der Waals surface area contributed by atoms with Gasteiger partial charge in [0.25, 0.3) is 0 Å². The molecule has 1 aliphatic carbocycles. The third-order valence-electron chi connectivity index (χ3n) is 5.97. The Morgan fingerprint density at radius 3 is 2.52 bits per heavy atom. The fourth-order valence-corrected chi connectivity index (χ4v) is 5.71. The lowest BCUT2D eigenvalue weighted by molar-refractivity contribution is 0.0696. The predicted octanol–water partition coefficient (Wildman–Crippen LogP) is 6.45. The minimum Gasteiger partial charge on any atom is -0.478 e. The summed E-state index contributed by atoms with van der Waals surface area (Å²) < 4.78 is 6.04. The zero-order valence-corrected chi connectivity index (χ0v) is 19.4. The number of benzene rings is 2. The van der Waals surface area contributed by atoms with Gasteiger partial charge in [-0.25, -0.2) is 4.79 Å². The van der Waals surface area contributed by atoms with Crippen LogP contribution in [0.25, 0.3) is 10.4 Å². The van der Waals surface area contributed by atoms with E-state index in [1.165, 1.54) is 10.4 Å². The van der Waals surface area contributed by atoms with Gasteiger partial charge in [-0.05, 0) is 91.2 Å². The van der Waals surface area contributed by atoms with Crippen molar-refractivity contribution in [3.05, 3.63) is 69.6 Å². The average molecular weight is 436 g/mol. The van der Waals surface area contributed by atoms with E-state index in [1.807, 2.05) is 56.4 Å². The molecular weight excluding hydrogens is 406 g/mol. The van der Waals surface area contributed by atoms with Crippen LogP contribution in [0.2, 0.25) is 0 Å². The molecule has 0 saturated heterocycles. The van der Waals surface area contributed by atoms with E-state index >= 15 is 0 Å².